The van der Waals surface area contributed by atoms with E-state index in [1.165, 1.54) is 17.4 Å². The maximum absolute atomic E-state index is 12.2. The number of nitrogens with zero attached hydrogens (tertiary/aromatic N) is 2. The van der Waals surface area contributed by atoms with E-state index in [2.05, 4.69) is 0 Å². The van der Waals surface area contributed by atoms with Gasteiger partial charge >= 0.3 is 0 Å². The molecule has 98 valence electrons. The smallest absolute Gasteiger partial charge is 0.253 e. The van der Waals surface area contributed by atoms with Crippen molar-refractivity contribution in [2.75, 3.05) is 13.1 Å². The van der Waals surface area contributed by atoms with Crippen LogP contribution >= 0.6 is 0 Å². The summed E-state index contributed by atoms with van der Waals surface area (Å²) in [5.41, 5.74) is 0.613. The fraction of sp³-hybridized carbons (Fsp3) is 0.571. The van der Waals surface area contributed by atoms with Gasteiger partial charge in [-0.2, -0.15) is 0 Å². The Labute approximate surface area is 107 Å². The van der Waals surface area contributed by atoms with E-state index in [1.54, 1.807) is 19.2 Å². The molecule has 1 aromatic heterocycles. The molecule has 18 heavy (non-hydrogen) atoms. The van der Waals surface area contributed by atoms with Crippen molar-refractivity contribution in [1.29, 1.82) is 0 Å². The summed E-state index contributed by atoms with van der Waals surface area (Å²) in [5.74, 6) is 0.0598. The van der Waals surface area contributed by atoms with Crippen molar-refractivity contribution in [2.45, 2.75) is 39.2 Å². The third kappa shape index (κ3) is 3.00. The van der Waals surface area contributed by atoms with Gasteiger partial charge in [-0.3, -0.25) is 9.59 Å². The van der Waals surface area contributed by atoms with Crippen LogP contribution in [-0.2, 0) is 11.3 Å². The number of likely N-dealkylation sites (tertiary alicyclic amines) is 1. The number of amides is 1. The lowest BCUT2D eigenvalue weighted by atomic mass is 10.2. The molecule has 0 bridgehead atoms. The van der Waals surface area contributed by atoms with Crippen LogP contribution in [0.4, 0.5) is 0 Å². The Kier molecular flexibility index (Phi) is 4.18. The van der Waals surface area contributed by atoms with E-state index in [4.69, 9.17) is 0 Å². The maximum atomic E-state index is 12.2. The van der Waals surface area contributed by atoms with Crippen LogP contribution in [0.15, 0.2) is 23.1 Å². The normalized spacial score (nSPS) is 16.4. The molecule has 4 heteroatoms. The Morgan fingerprint density at radius 2 is 1.89 bits per heavy atom. The van der Waals surface area contributed by atoms with Gasteiger partial charge < -0.3 is 9.47 Å². The number of carbonyl (C=O) groups excluding carboxylic acids is 1. The Morgan fingerprint density at radius 1 is 1.22 bits per heavy atom. The second-order valence-corrected chi connectivity index (χ2v) is 4.92. The first-order chi connectivity index (χ1) is 8.68. The molecule has 0 aromatic carbocycles. The molecule has 0 N–H and O–H groups in total. The van der Waals surface area contributed by atoms with Gasteiger partial charge in [0.15, 0.2) is 0 Å². The average molecular weight is 248 g/mol. The van der Waals surface area contributed by atoms with Crippen LogP contribution in [0.3, 0.4) is 0 Å². The first kappa shape index (κ1) is 12.9. The molecule has 4 nitrogen and oxygen atoms in total. The van der Waals surface area contributed by atoms with Gasteiger partial charge in [0.25, 0.3) is 5.56 Å². The monoisotopic (exact) mass is 248 g/mol. The number of hydrogen-bond donors (Lipinski definition) is 0. The zero-order valence-electron chi connectivity index (χ0n) is 10.9. The van der Waals surface area contributed by atoms with Gasteiger partial charge in [0.2, 0.25) is 5.91 Å². The SMILES string of the molecule is Cc1cccn(CC(=O)N2CCCCCC2)c1=O. The summed E-state index contributed by atoms with van der Waals surface area (Å²) in [6.07, 6.45) is 6.25. The van der Waals surface area contributed by atoms with Crippen molar-refractivity contribution in [3.05, 3.63) is 34.2 Å². The molecule has 1 aromatic rings. The number of hydrogen-bond acceptors (Lipinski definition) is 2. The first-order valence-corrected chi connectivity index (χ1v) is 6.62. The highest BCUT2D eigenvalue weighted by Crippen LogP contribution is 2.10. The Hall–Kier alpha value is -1.58. The number of aromatic nitrogens is 1. The zero-order valence-corrected chi connectivity index (χ0v) is 10.9. The standard InChI is InChI=1S/C14H20N2O2/c1-12-7-6-10-16(14(12)18)11-13(17)15-8-4-2-3-5-9-15/h6-7,10H,2-5,8-9,11H2,1H3. The van der Waals surface area contributed by atoms with Crippen LogP contribution in [0, 0.1) is 6.92 Å². The van der Waals surface area contributed by atoms with Crippen molar-refractivity contribution >= 4 is 5.91 Å². The summed E-state index contributed by atoms with van der Waals surface area (Å²) in [6, 6.07) is 3.59. The van der Waals surface area contributed by atoms with E-state index in [0.717, 1.165) is 25.9 Å². The van der Waals surface area contributed by atoms with Crippen molar-refractivity contribution < 1.29 is 4.79 Å². The minimum Gasteiger partial charge on any atom is -0.341 e. The largest absolute Gasteiger partial charge is 0.341 e. The molecule has 2 rings (SSSR count). The molecule has 0 spiro atoms. The molecule has 1 aliphatic rings. The van der Waals surface area contributed by atoms with E-state index in [1.807, 2.05) is 11.0 Å². The highest BCUT2D eigenvalue weighted by Gasteiger charge is 2.16. The molecular formula is C14H20N2O2. The van der Waals surface area contributed by atoms with Crippen LogP contribution < -0.4 is 5.56 Å². The van der Waals surface area contributed by atoms with Crippen molar-refractivity contribution in [2.24, 2.45) is 0 Å². The lowest BCUT2D eigenvalue weighted by Gasteiger charge is -2.20. The molecular weight excluding hydrogens is 228 g/mol. The Morgan fingerprint density at radius 3 is 2.56 bits per heavy atom. The van der Waals surface area contributed by atoms with Gasteiger partial charge in [0.05, 0.1) is 0 Å². The lowest BCUT2D eigenvalue weighted by molar-refractivity contribution is -0.131. The zero-order chi connectivity index (χ0) is 13.0. The minimum atomic E-state index is -0.0688. The third-order valence-electron chi connectivity index (χ3n) is 3.47. The van der Waals surface area contributed by atoms with E-state index >= 15 is 0 Å². The van der Waals surface area contributed by atoms with E-state index in [0.29, 0.717) is 5.56 Å². The van der Waals surface area contributed by atoms with Crippen LogP contribution in [0.5, 0.6) is 0 Å². The average Bonchev–Trinajstić information content (AvgIpc) is 2.63. The van der Waals surface area contributed by atoms with Crippen molar-refractivity contribution in [1.82, 2.24) is 9.47 Å². The number of carbonyl (C=O) groups is 1. The predicted octanol–water partition coefficient (Wildman–Crippen LogP) is 1.56. The molecule has 0 aliphatic carbocycles. The molecule has 1 fully saturated rings. The highest BCUT2D eigenvalue weighted by atomic mass is 16.2. The van der Waals surface area contributed by atoms with Gasteiger partial charge in [0.1, 0.15) is 6.54 Å². The molecule has 1 saturated heterocycles. The highest BCUT2D eigenvalue weighted by molar-refractivity contribution is 5.76. The maximum Gasteiger partial charge on any atom is 0.253 e. The molecule has 2 heterocycles. The summed E-state index contributed by atoms with van der Waals surface area (Å²) < 4.78 is 1.50. The Balaban J connectivity index is 2.06. The second-order valence-electron chi connectivity index (χ2n) is 4.92. The van der Waals surface area contributed by atoms with Gasteiger partial charge in [0, 0.05) is 24.8 Å². The number of rotatable bonds is 2. The fourth-order valence-electron chi connectivity index (χ4n) is 2.35. The Bertz CT molecular complexity index is 471. The van der Waals surface area contributed by atoms with Crippen LogP contribution in [0.2, 0.25) is 0 Å². The molecule has 1 aliphatic heterocycles. The molecule has 0 saturated carbocycles. The van der Waals surface area contributed by atoms with Crippen molar-refractivity contribution in [3.8, 4) is 0 Å². The topological polar surface area (TPSA) is 42.3 Å². The first-order valence-electron chi connectivity index (χ1n) is 6.62. The lowest BCUT2D eigenvalue weighted by Crippen LogP contribution is -2.37. The molecule has 0 radical (unpaired) electrons. The van der Waals surface area contributed by atoms with Crippen LogP contribution in [-0.4, -0.2) is 28.5 Å². The summed E-state index contributed by atoms with van der Waals surface area (Å²) in [5, 5.41) is 0. The van der Waals surface area contributed by atoms with Gasteiger partial charge in [-0.05, 0) is 25.8 Å². The molecule has 1 amide bonds. The molecule has 0 atom stereocenters. The van der Waals surface area contributed by atoms with Gasteiger partial charge in [-0.25, -0.2) is 0 Å². The molecule has 0 unspecified atom stereocenters. The minimum absolute atomic E-state index is 0.0598. The summed E-state index contributed by atoms with van der Waals surface area (Å²) in [7, 11) is 0. The van der Waals surface area contributed by atoms with Crippen molar-refractivity contribution in [3.63, 3.8) is 0 Å². The van der Waals surface area contributed by atoms with Gasteiger partial charge in [-0.15, -0.1) is 0 Å². The quantitative estimate of drug-likeness (QED) is 0.797. The number of aryl methyl sites for hydroxylation is 1. The van der Waals surface area contributed by atoms with Gasteiger partial charge in [-0.1, -0.05) is 18.9 Å². The summed E-state index contributed by atoms with van der Waals surface area (Å²) >= 11 is 0. The summed E-state index contributed by atoms with van der Waals surface area (Å²) in [6.45, 7) is 3.61. The fourth-order valence-corrected chi connectivity index (χ4v) is 2.35. The van der Waals surface area contributed by atoms with E-state index in [-0.39, 0.29) is 18.0 Å². The van der Waals surface area contributed by atoms with E-state index < -0.39 is 0 Å². The summed E-state index contributed by atoms with van der Waals surface area (Å²) in [4.78, 5) is 25.9. The van der Waals surface area contributed by atoms with E-state index in [9.17, 15) is 9.59 Å². The predicted molar refractivity (Wildman–Crippen MR) is 70.5 cm³/mol. The van der Waals surface area contributed by atoms with Crippen LogP contribution in [0.1, 0.15) is 31.2 Å². The third-order valence-corrected chi connectivity index (χ3v) is 3.47. The number of pyridine rings is 1. The van der Waals surface area contributed by atoms with Crippen LogP contribution in [0.25, 0.3) is 0 Å². The second kappa shape index (κ2) is 5.85.